The molecule has 1 aromatic carbocycles. The van der Waals surface area contributed by atoms with Crippen LogP contribution in [-0.4, -0.2) is 49.9 Å². The Balaban J connectivity index is 1.59. The van der Waals surface area contributed by atoms with Crippen LogP contribution in [-0.2, 0) is 24.5 Å². The van der Waals surface area contributed by atoms with E-state index in [0.29, 0.717) is 6.54 Å². The van der Waals surface area contributed by atoms with Crippen molar-refractivity contribution < 1.29 is 9.90 Å². The summed E-state index contributed by atoms with van der Waals surface area (Å²) in [5.41, 5.74) is 3.17. The van der Waals surface area contributed by atoms with Crippen LogP contribution in [0.2, 0.25) is 0 Å². The van der Waals surface area contributed by atoms with Crippen molar-refractivity contribution in [3.63, 3.8) is 0 Å². The first-order valence-corrected chi connectivity index (χ1v) is 9.58. The molecule has 6 heteroatoms. The fourth-order valence-electron chi connectivity index (χ4n) is 3.72. The molecule has 1 atom stereocenters. The number of carbonyl (C=O) groups is 1. The standard InChI is InChI=1S/C21H28N4O2/c1-17(27)25(14-20-11-22-16-23-12-20)21-3-2-9-24(10-8-21)13-18-4-6-19(15-26)7-5-18/h4-7,11-12,16,21,26H,2-3,8-10,13-15H2,1H3/t21-/m1/s1. The van der Waals surface area contributed by atoms with Crippen molar-refractivity contribution in [3.8, 4) is 0 Å². The molecule has 0 spiro atoms. The lowest BCUT2D eigenvalue weighted by Gasteiger charge is -2.30. The third kappa shape index (κ3) is 5.58. The van der Waals surface area contributed by atoms with E-state index in [1.54, 1.807) is 19.3 Å². The van der Waals surface area contributed by atoms with Gasteiger partial charge in [-0.3, -0.25) is 9.69 Å². The molecule has 0 radical (unpaired) electrons. The molecular weight excluding hydrogens is 340 g/mol. The molecule has 3 rings (SSSR count). The Morgan fingerprint density at radius 3 is 2.48 bits per heavy atom. The highest BCUT2D eigenvalue weighted by Gasteiger charge is 2.24. The van der Waals surface area contributed by atoms with Crippen molar-refractivity contribution in [1.82, 2.24) is 19.8 Å². The van der Waals surface area contributed by atoms with E-state index in [1.165, 1.54) is 11.9 Å². The molecule has 144 valence electrons. The molecule has 27 heavy (non-hydrogen) atoms. The average Bonchev–Trinajstić information content (AvgIpc) is 2.93. The van der Waals surface area contributed by atoms with Crippen molar-refractivity contribution in [3.05, 3.63) is 59.7 Å². The highest BCUT2D eigenvalue weighted by atomic mass is 16.3. The zero-order chi connectivity index (χ0) is 19.1. The number of amides is 1. The number of hydrogen-bond acceptors (Lipinski definition) is 5. The third-order valence-corrected chi connectivity index (χ3v) is 5.21. The van der Waals surface area contributed by atoms with Gasteiger partial charge in [-0.05, 0) is 36.9 Å². The Bertz CT molecular complexity index is 721. The summed E-state index contributed by atoms with van der Waals surface area (Å²) >= 11 is 0. The number of carbonyl (C=O) groups excluding carboxylic acids is 1. The Morgan fingerprint density at radius 1 is 1.11 bits per heavy atom. The van der Waals surface area contributed by atoms with Crippen molar-refractivity contribution >= 4 is 5.91 Å². The highest BCUT2D eigenvalue weighted by Crippen LogP contribution is 2.20. The molecule has 1 fully saturated rings. The first-order chi connectivity index (χ1) is 13.2. The lowest BCUT2D eigenvalue weighted by molar-refractivity contribution is -0.132. The smallest absolute Gasteiger partial charge is 0.219 e. The average molecular weight is 368 g/mol. The molecule has 1 aliphatic rings. The van der Waals surface area contributed by atoms with Crippen molar-refractivity contribution in [1.29, 1.82) is 0 Å². The van der Waals surface area contributed by atoms with Gasteiger partial charge in [0.25, 0.3) is 0 Å². The molecule has 0 saturated carbocycles. The third-order valence-electron chi connectivity index (χ3n) is 5.21. The number of rotatable bonds is 6. The first kappa shape index (κ1) is 19.5. The SMILES string of the molecule is CC(=O)N(Cc1cncnc1)[C@@H]1CCCN(Cc2ccc(CO)cc2)CC1. The van der Waals surface area contributed by atoms with E-state index in [1.807, 2.05) is 17.0 Å². The van der Waals surface area contributed by atoms with Gasteiger partial charge in [-0.2, -0.15) is 0 Å². The van der Waals surface area contributed by atoms with E-state index < -0.39 is 0 Å². The quantitative estimate of drug-likeness (QED) is 0.848. The number of aliphatic hydroxyl groups excluding tert-OH is 1. The molecule has 0 unspecified atom stereocenters. The summed E-state index contributed by atoms with van der Waals surface area (Å²) in [4.78, 5) is 24.8. The van der Waals surface area contributed by atoms with Gasteiger partial charge in [-0.15, -0.1) is 0 Å². The number of benzene rings is 1. The largest absolute Gasteiger partial charge is 0.392 e. The lowest BCUT2D eigenvalue weighted by Crippen LogP contribution is -2.39. The van der Waals surface area contributed by atoms with Crippen LogP contribution in [0.5, 0.6) is 0 Å². The minimum atomic E-state index is 0.0824. The Morgan fingerprint density at radius 2 is 1.81 bits per heavy atom. The van der Waals surface area contributed by atoms with Crippen LogP contribution in [0.25, 0.3) is 0 Å². The van der Waals surface area contributed by atoms with Gasteiger partial charge in [-0.25, -0.2) is 9.97 Å². The van der Waals surface area contributed by atoms with E-state index in [4.69, 9.17) is 5.11 Å². The molecule has 0 bridgehead atoms. The van der Waals surface area contributed by atoms with Gasteiger partial charge in [0, 0.05) is 50.6 Å². The molecule has 1 amide bonds. The highest BCUT2D eigenvalue weighted by molar-refractivity contribution is 5.73. The fourth-order valence-corrected chi connectivity index (χ4v) is 3.72. The lowest BCUT2D eigenvalue weighted by atomic mass is 10.1. The molecule has 1 aromatic heterocycles. The predicted molar refractivity (Wildman–Crippen MR) is 104 cm³/mol. The topological polar surface area (TPSA) is 69.6 Å². The zero-order valence-corrected chi connectivity index (χ0v) is 15.9. The van der Waals surface area contributed by atoms with Crippen molar-refractivity contribution in [2.75, 3.05) is 13.1 Å². The second-order valence-electron chi connectivity index (χ2n) is 7.23. The van der Waals surface area contributed by atoms with Crippen LogP contribution >= 0.6 is 0 Å². The fraction of sp³-hybridized carbons (Fsp3) is 0.476. The summed E-state index contributed by atoms with van der Waals surface area (Å²) in [5.74, 6) is 0.108. The van der Waals surface area contributed by atoms with Crippen LogP contribution in [0, 0.1) is 0 Å². The van der Waals surface area contributed by atoms with Crippen LogP contribution in [0.3, 0.4) is 0 Å². The van der Waals surface area contributed by atoms with E-state index in [0.717, 1.165) is 50.0 Å². The van der Waals surface area contributed by atoms with E-state index in [9.17, 15) is 4.79 Å². The molecular formula is C21H28N4O2. The van der Waals surface area contributed by atoms with Crippen LogP contribution in [0.1, 0.15) is 42.9 Å². The molecule has 1 aliphatic heterocycles. The monoisotopic (exact) mass is 368 g/mol. The van der Waals surface area contributed by atoms with Crippen LogP contribution in [0.15, 0.2) is 43.0 Å². The Hall–Kier alpha value is -2.31. The number of hydrogen-bond donors (Lipinski definition) is 1. The van der Waals surface area contributed by atoms with Crippen molar-refractivity contribution in [2.45, 2.75) is 51.9 Å². The second kappa shape index (κ2) is 9.58. The summed E-state index contributed by atoms with van der Waals surface area (Å²) < 4.78 is 0. The number of nitrogens with zero attached hydrogens (tertiary/aromatic N) is 4. The van der Waals surface area contributed by atoms with Gasteiger partial charge >= 0.3 is 0 Å². The maximum absolute atomic E-state index is 12.2. The van der Waals surface area contributed by atoms with Crippen LogP contribution in [0.4, 0.5) is 0 Å². The van der Waals surface area contributed by atoms with E-state index in [-0.39, 0.29) is 18.6 Å². The second-order valence-corrected chi connectivity index (χ2v) is 7.23. The number of aromatic nitrogens is 2. The van der Waals surface area contributed by atoms with Gasteiger partial charge in [0.15, 0.2) is 0 Å². The molecule has 1 saturated heterocycles. The molecule has 2 heterocycles. The van der Waals surface area contributed by atoms with Gasteiger partial charge in [0.1, 0.15) is 6.33 Å². The van der Waals surface area contributed by atoms with Gasteiger partial charge in [0.2, 0.25) is 5.91 Å². The Kier molecular flexibility index (Phi) is 6.90. The molecule has 6 nitrogen and oxygen atoms in total. The first-order valence-electron chi connectivity index (χ1n) is 9.58. The van der Waals surface area contributed by atoms with E-state index in [2.05, 4.69) is 27.0 Å². The van der Waals surface area contributed by atoms with Crippen molar-refractivity contribution in [2.24, 2.45) is 0 Å². The summed E-state index contributed by atoms with van der Waals surface area (Å²) in [6.07, 6.45) is 8.14. The van der Waals surface area contributed by atoms with Gasteiger partial charge < -0.3 is 10.0 Å². The molecule has 2 aromatic rings. The summed E-state index contributed by atoms with van der Waals surface area (Å²) in [6, 6.07) is 8.39. The maximum Gasteiger partial charge on any atom is 0.219 e. The minimum Gasteiger partial charge on any atom is -0.392 e. The van der Waals surface area contributed by atoms with Gasteiger partial charge in [0.05, 0.1) is 6.61 Å². The van der Waals surface area contributed by atoms with Crippen LogP contribution < -0.4 is 0 Å². The summed E-state index contributed by atoms with van der Waals surface area (Å²) in [6.45, 7) is 5.22. The normalized spacial score (nSPS) is 18.1. The minimum absolute atomic E-state index is 0.0824. The number of likely N-dealkylation sites (tertiary alicyclic amines) is 1. The predicted octanol–water partition coefficient (Wildman–Crippen LogP) is 2.37. The summed E-state index contributed by atoms with van der Waals surface area (Å²) in [5, 5.41) is 9.17. The number of aliphatic hydroxyl groups is 1. The zero-order valence-electron chi connectivity index (χ0n) is 15.9. The maximum atomic E-state index is 12.2. The molecule has 0 aliphatic carbocycles. The Labute approximate surface area is 160 Å². The summed E-state index contributed by atoms with van der Waals surface area (Å²) in [7, 11) is 0. The molecule has 1 N–H and O–H groups in total. The van der Waals surface area contributed by atoms with E-state index >= 15 is 0 Å². The van der Waals surface area contributed by atoms with Gasteiger partial charge in [-0.1, -0.05) is 24.3 Å².